The van der Waals surface area contributed by atoms with Gasteiger partial charge in [0.15, 0.2) is 5.78 Å². The van der Waals surface area contributed by atoms with Gasteiger partial charge in [0.05, 0.1) is 6.61 Å². The van der Waals surface area contributed by atoms with Gasteiger partial charge in [-0.15, -0.1) is 0 Å². The lowest BCUT2D eigenvalue weighted by atomic mass is 10.1. The summed E-state index contributed by atoms with van der Waals surface area (Å²) >= 11 is 0. The minimum atomic E-state index is -0.240. The van der Waals surface area contributed by atoms with E-state index in [2.05, 4.69) is 11.4 Å². The van der Waals surface area contributed by atoms with Crippen LogP contribution in [0.5, 0.6) is 0 Å². The summed E-state index contributed by atoms with van der Waals surface area (Å²) < 4.78 is 5.47. The average Bonchev–Trinajstić information content (AvgIpc) is 2.49. The fourth-order valence-electron chi connectivity index (χ4n) is 2.27. The number of anilines is 1. The number of aryl methyl sites for hydroxylation is 2. The number of hydrogen-bond acceptors (Lipinski definition) is 3. The SMILES string of the molecule is CC(=O)c1cccc(NC(=O)COCc2ccc(C)cc2C)c1. The highest BCUT2D eigenvalue weighted by molar-refractivity contribution is 5.97. The van der Waals surface area contributed by atoms with Crippen molar-refractivity contribution in [2.75, 3.05) is 11.9 Å². The molecule has 0 spiro atoms. The minimum Gasteiger partial charge on any atom is -0.367 e. The molecule has 0 saturated carbocycles. The zero-order valence-electron chi connectivity index (χ0n) is 13.7. The molecule has 1 N–H and O–H groups in total. The van der Waals surface area contributed by atoms with Gasteiger partial charge in [0.1, 0.15) is 6.61 Å². The third kappa shape index (κ3) is 5.04. The van der Waals surface area contributed by atoms with Crippen LogP contribution in [-0.4, -0.2) is 18.3 Å². The number of benzene rings is 2. The van der Waals surface area contributed by atoms with Gasteiger partial charge in [0.2, 0.25) is 5.91 Å². The van der Waals surface area contributed by atoms with Crippen LogP contribution >= 0.6 is 0 Å². The Morgan fingerprint density at radius 2 is 1.87 bits per heavy atom. The maximum absolute atomic E-state index is 11.9. The predicted octanol–water partition coefficient (Wildman–Crippen LogP) is 3.66. The Bertz CT molecular complexity index is 722. The Morgan fingerprint density at radius 1 is 1.09 bits per heavy atom. The van der Waals surface area contributed by atoms with Crippen molar-refractivity contribution in [2.45, 2.75) is 27.4 Å². The molecule has 0 aliphatic carbocycles. The first-order valence-corrected chi connectivity index (χ1v) is 7.50. The summed E-state index contributed by atoms with van der Waals surface area (Å²) in [4.78, 5) is 23.2. The molecule has 0 aliphatic heterocycles. The van der Waals surface area contributed by atoms with E-state index < -0.39 is 0 Å². The van der Waals surface area contributed by atoms with Gasteiger partial charge in [-0.3, -0.25) is 9.59 Å². The maximum atomic E-state index is 11.9. The molecule has 2 aromatic rings. The van der Waals surface area contributed by atoms with Gasteiger partial charge in [-0.2, -0.15) is 0 Å². The van der Waals surface area contributed by atoms with E-state index in [4.69, 9.17) is 4.74 Å². The molecule has 0 fully saturated rings. The third-order valence-corrected chi connectivity index (χ3v) is 3.54. The molecule has 1 amide bonds. The highest BCUT2D eigenvalue weighted by Crippen LogP contribution is 2.13. The molecule has 0 heterocycles. The second-order valence-corrected chi connectivity index (χ2v) is 5.61. The first-order valence-electron chi connectivity index (χ1n) is 7.50. The van der Waals surface area contributed by atoms with Crippen LogP contribution in [0.2, 0.25) is 0 Å². The lowest BCUT2D eigenvalue weighted by molar-refractivity contribution is -0.121. The van der Waals surface area contributed by atoms with Gasteiger partial charge in [-0.25, -0.2) is 0 Å². The molecule has 120 valence electrons. The standard InChI is InChI=1S/C19H21NO3/c1-13-7-8-17(14(2)9-13)11-23-12-19(22)20-18-6-4-5-16(10-18)15(3)21/h4-10H,11-12H2,1-3H3,(H,20,22). The number of nitrogens with one attached hydrogen (secondary N) is 1. The van der Waals surface area contributed by atoms with Crippen molar-refractivity contribution in [3.05, 3.63) is 64.7 Å². The van der Waals surface area contributed by atoms with Crippen molar-refractivity contribution in [3.8, 4) is 0 Å². The van der Waals surface area contributed by atoms with E-state index in [1.807, 2.05) is 26.0 Å². The van der Waals surface area contributed by atoms with Crippen LogP contribution in [0.4, 0.5) is 5.69 Å². The van der Waals surface area contributed by atoms with Crippen LogP contribution in [0.25, 0.3) is 0 Å². The lowest BCUT2D eigenvalue weighted by Crippen LogP contribution is -2.18. The average molecular weight is 311 g/mol. The first kappa shape index (κ1) is 16.9. The summed E-state index contributed by atoms with van der Waals surface area (Å²) in [5.74, 6) is -0.275. The summed E-state index contributed by atoms with van der Waals surface area (Å²) in [6, 6.07) is 13.0. The van der Waals surface area contributed by atoms with E-state index in [0.717, 1.165) is 11.1 Å². The normalized spacial score (nSPS) is 10.4. The zero-order chi connectivity index (χ0) is 16.8. The van der Waals surface area contributed by atoms with Crippen molar-refractivity contribution < 1.29 is 14.3 Å². The third-order valence-electron chi connectivity index (χ3n) is 3.54. The number of hydrogen-bond donors (Lipinski definition) is 1. The highest BCUT2D eigenvalue weighted by atomic mass is 16.5. The largest absolute Gasteiger partial charge is 0.367 e. The molecule has 0 saturated heterocycles. The van der Waals surface area contributed by atoms with Gasteiger partial charge in [0.25, 0.3) is 0 Å². The molecular formula is C19H21NO3. The molecule has 2 aromatic carbocycles. The van der Waals surface area contributed by atoms with Crippen LogP contribution < -0.4 is 5.32 Å². The highest BCUT2D eigenvalue weighted by Gasteiger charge is 2.06. The molecule has 0 radical (unpaired) electrons. The molecule has 0 atom stereocenters. The molecule has 0 aliphatic rings. The van der Waals surface area contributed by atoms with Crippen LogP contribution in [0.1, 0.15) is 34.0 Å². The Hall–Kier alpha value is -2.46. The van der Waals surface area contributed by atoms with Gasteiger partial charge in [-0.1, -0.05) is 35.9 Å². The smallest absolute Gasteiger partial charge is 0.250 e. The van der Waals surface area contributed by atoms with Crippen molar-refractivity contribution in [1.29, 1.82) is 0 Å². The molecular weight excluding hydrogens is 290 g/mol. The Labute approximate surface area is 136 Å². The topological polar surface area (TPSA) is 55.4 Å². The van der Waals surface area contributed by atoms with Crippen molar-refractivity contribution in [3.63, 3.8) is 0 Å². The lowest BCUT2D eigenvalue weighted by Gasteiger charge is -2.09. The fraction of sp³-hybridized carbons (Fsp3) is 0.263. The Kier molecular flexibility index (Phi) is 5.66. The molecule has 0 unspecified atom stereocenters. The number of rotatable bonds is 6. The molecule has 0 aromatic heterocycles. The van der Waals surface area contributed by atoms with Crippen molar-refractivity contribution in [2.24, 2.45) is 0 Å². The van der Waals surface area contributed by atoms with Crippen LogP contribution in [-0.2, 0) is 16.1 Å². The second kappa shape index (κ2) is 7.70. The summed E-state index contributed by atoms with van der Waals surface area (Å²) in [5, 5.41) is 2.73. The van der Waals surface area contributed by atoms with E-state index >= 15 is 0 Å². The number of amides is 1. The molecule has 4 nitrogen and oxygen atoms in total. The monoisotopic (exact) mass is 311 g/mol. The first-order chi connectivity index (χ1) is 11.0. The molecule has 4 heteroatoms. The fourth-order valence-corrected chi connectivity index (χ4v) is 2.27. The van der Waals surface area contributed by atoms with E-state index in [-0.39, 0.29) is 18.3 Å². The van der Waals surface area contributed by atoms with Gasteiger partial charge in [0, 0.05) is 11.3 Å². The number of ketones is 1. The van der Waals surface area contributed by atoms with E-state index in [0.29, 0.717) is 17.9 Å². The van der Waals surface area contributed by atoms with Crippen LogP contribution in [0.3, 0.4) is 0 Å². The summed E-state index contributed by atoms with van der Waals surface area (Å²) in [7, 11) is 0. The summed E-state index contributed by atoms with van der Waals surface area (Å²) in [5.41, 5.74) is 4.59. The number of carbonyl (C=O) groups is 2. The van der Waals surface area contributed by atoms with E-state index in [1.165, 1.54) is 12.5 Å². The summed E-state index contributed by atoms with van der Waals surface area (Å²) in [6.07, 6.45) is 0. The zero-order valence-corrected chi connectivity index (χ0v) is 13.7. The van der Waals surface area contributed by atoms with Crippen molar-refractivity contribution >= 4 is 17.4 Å². The van der Waals surface area contributed by atoms with Crippen LogP contribution in [0.15, 0.2) is 42.5 Å². The predicted molar refractivity (Wildman–Crippen MR) is 90.6 cm³/mol. The van der Waals surface area contributed by atoms with Crippen molar-refractivity contribution in [1.82, 2.24) is 0 Å². The summed E-state index contributed by atoms with van der Waals surface area (Å²) in [6.45, 7) is 5.93. The Balaban J connectivity index is 1.85. The van der Waals surface area contributed by atoms with Crippen LogP contribution in [0, 0.1) is 13.8 Å². The quantitative estimate of drug-likeness (QED) is 0.828. The number of ether oxygens (including phenoxy) is 1. The van der Waals surface area contributed by atoms with E-state index in [9.17, 15) is 9.59 Å². The molecule has 23 heavy (non-hydrogen) atoms. The number of Topliss-reactive ketones (excluding diaryl/α,β-unsaturated/α-hetero) is 1. The van der Waals surface area contributed by atoms with Gasteiger partial charge in [-0.05, 0) is 44.0 Å². The number of carbonyl (C=O) groups excluding carboxylic acids is 2. The van der Waals surface area contributed by atoms with Gasteiger partial charge >= 0.3 is 0 Å². The molecule has 0 bridgehead atoms. The maximum Gasteiger partial charge on any atom is 0.250 e. The van der Waals surface area contributed by atoms with Gasteiger partial charge < -0.3 is 10.1 Å². The Morgan fingerprint density at radius 3 is 2.57 bits per heavy atom. The minimum absolute atomic E-state index is 0.0301. The second-order valence-electron chi connectivity index (χ2n) is 5.61. The molecule has 2 rings (SSSR count). The van der Waals surface area contributed by atoms with E-state index in [1.54, 1.807) is 24.3 Å².